The van der Waals surface area contributed by atoms with E-state index in [1.54, 1.807) is 80.0 Å². The van der Waals surface area contributed by atoms with E-state index in [2.05, 4.69) is 0 Å². The predicted molar refractivity (Wildman–Crippen MR) is 260 cm³/mol. The van der Waals surface area contributed by atoms with Crippen LogP contribution in [0.3, 0.4) is 0 Å². The third-order valence-electron chi connectivity index (χ3n) is 0. The molecule has 0 radical (unpaired) electrons. The van der Waals surface area contributed by atoms with Gasteiger partial charge in [-0.25, -0.2) is 0 Å². The first kappa shape index (κ1) is 92.5. The van der Waals surface area contributed by atoms with Gasteiger partial charge in [-0.3, -0.25) is 36.5 Å². The lowest BCUT2D eigenvalue weighted by atomic mass is 11.9. The number of hydrogen-bond acceptors (Lipinski definition) is 12. The zero-order valence-electron chi connectivity index (χ0n) is 39.6. The second-order valence-corrected chi connectivity index (χ2v) is 48.2. The largest absolute Gasteiger partial charge is 0.345 e. The minimum atomic E-state index is -3.64. The highest BCUT2D eigenvalue weighted by Gasteiger charge is 1.98. The van der Waals surface area contributed by atoms with Crippen LogP contribution in [-0.2, 0) is 54.8 Å². The Morgan fingerprint density at radius 2 is 0.167 bits per heavy atom. The Balaban J connectivity index is -0.0000000419. The van der Waals surface area contributed by atoms with E-state index in [4.69, 9.17) is 58.7 Å². The van der Waals surface area contributed by atoms with Crippen molar-refractivity contribution in [3.8, 4) is 0 Å². The van der Waals surface area contributed by atoms with Crippen molar-refractivity contribution >= 4 is 88.4 Å². The molecule has 0 amide bonds. The highest BCUT2D eigenvalue weighted by Crippen LogP contribution is 2.32. The van der Waals surface area contributed by atoms with E-state index in [1.807, 2.05) is 0 Å². The van der Waals surface area contributed by atoms with E-state index in [0.29, 0.717) is 0 Å². The van der Waals surface area contributed by atoms with Gasteiger partial charge in [0.2, 0.25) is 0 Å². The summed E-state index contributed by atoms with van der Waals surface area (Å²) in [5.41, 5.74) is 0. The van der Waals surface area contributed by atoms with Crippen molar-refractivity contribution < 1.29 is 114 Å². The van der Waals surface area contributed by atoms with Gasteiger partial charge >= 0.3 is 30.4 Å². The summed E-state index contributed by atoms with van der Waals surface area (Å²) in [6.45, 7) is 34.7. The lowest BCUT2D eigenvalue weighted by Crippen LogP contribution is -1.64. The van der Waals surface area contributed by atoms with E-state index in [9.17, 15) is 54.8 Å². The Morgan fingerprint density at radius 1 is 0.167 bits per heavy atom. The van der Waals surface area contributed by atoms with Crippen molar-refractivity contribution in [1.29, 1.82) is 0 Å². The van der Waals surface area contributed by atoms with Crippen LogP contribution < -0.4 is 0 Å². The van der Waals surface area contributed by atoms with Crippen molar-refractivity contribution in [3.63, 3.8) is 0 Å². The van der Waals surface area contributed by atoms with Gasteiger partial charge in [-0.05, 0) is 80.0 Å². The van der Waals surface area contributed by atoms with Gasteiger partial charge < -0.3 is 77.0 Å². The Morgan fingerprint density at radius 3 is 0.167 bits per heavy atom. The molecular weight excluding hydrogens is 1040 g/mol. The molecule has 0 aromatic rings. The maximum atomic E-state index is 10.2. The average molecular weight is 1130 g/mol. The minimum absolute atomic E-state index is 0.854. The van der Waals surface area contributed by atoms with Crippen LogP contribution in [0.5, 0.6) is 0 Å². The first-order valence-electron chi connectivity index (χ1n) is 15.3. The lowest BCUT2D eigenvalue weighted by molar-refractivity contribution is 0.379. The van der Waals surface area contributed by atoms with Crippen LogP contribution in [0.1, 0.15) is 0 Å². The molecule has 0 unspecified atom stereocenters. The third kappa shape index (κ3) is 40700. The van der Waals surface area contributed by atoms with Gasteiger partial charge in [0.05, 0.1) is 28.6 Å². The van der Waals surface area contributed by atoms with Crippen LogP contribution in [0, 0.1) is 0 Å². The van der Waals surface area contributed by atoms with Gasteiger partial charge in [-0.2, -0.15) is 0 Å². The Hall–Kier alpha value is 2.28. The Labute approximate surface area is 360 Å². The van der Waals surface area contributed by atoms with Crippen LogP contribution in [0.2, 0.25) is 0 Å². The van der Waals surface area contributed by atoms with Crippen LogP contribution in [0.15, 0.2) is 0 Å². The Kier molecular flexibility index (Phi) is 62.2. The second kappa shape index (κ2) is 40.4. The van der Waals surface area contributed by atoms with Crippen molar-refractivity contribution in [1.82, 2.24) is 0 Å². The molecule has 60 heavy (non-hydrogen) atoms. The van der Waals surface area contributed by atoms with Crippen molar-refractivity contribution in [3.05, 3.63) is 0 Å². The maximum absolute atomic E-state index is 10.2. The molecule has 36 heteroatoms. The van der Waals surface area contributed by atoms with Crippen molar-refractivity contribution in [2.75, 3.05) is 160 Å². The monoisotopic (exact) mass is 1130 g/mol. The molecule has 24 nitrogen and oxygen atoms in total. The molecule has 0 spiro atoms. The summed E-state index contributed by atoms with van der Waals surface area (Å²) >= 11 is 0. The van der Waals surface area contributed by atoms with Crippen LogP contribution >= 0.6 is 88.4 Å². The fourth-order valence-electron chi connectivity index (χ4n) is 0. The molecular formula is C24H84O24P12. The standard InChI is InChI=1S/4C3H9OP.4C2H7O2P.4CH5O3P/c12*1-5(2,3)4/h4*1-3H3;4*1-2H3,(H,3,4);4*1H3,(H2,2,3,4). The van der Waals surface area contributed by atoms with Gasteiger partial charge in [0.15, 0.2) is 29.5 Å². The maximum Gasteiger partial charge on any atom is 0.322 e. The molecule has 0 saturated heterocycles. The fourth-order valence-corrected chi connectivity index (χ4v) is 0. The predicted octanol–water partition coefficient (Wildman–Crippen LogP) is 6.20. The quantitative estimate of drug-likeness (QED) is 0.120. The molecule has 0 bridgehead atoms. The Bertz CT molecular complexity index is 1080. The zero-order valence-corrected chi connectivity index (χ0v) is 50.4. The van der Waals surface area contributed by atoms with Gasteiger partial charge in [0.25, 0.3) is 0 Å². The molecule has 0 aliphatic rings. The van der Waals surface area contributed by atoms with Crippen molar-refractivity contribution in [2.45, 2.75) is 0 Å². The average Bonchev–Trinajstić information content (AvgIpc) is 2.48. The normalized spacial score (nSPS) is 11.8. The molecule has 0 fully saturated rings. The smallest absolute Gasteiger partial charge is 0.322 e. The summed E-state index contributed by atoms with van der Waals surface area (Å²) in [5.74, 6) is 0. The summed E-state index contributed by atoms with van der Waals surface area (Å²) in [6, 6.07) is 0. The highest BCUT2D eigenvalue weighted by atomic mass is 31.2. The zero-order chi connectivity index (χ0) is 54.0. The molecule has 0 aliphatic carbocycles. The van der Waals surface area contributed by atoms with E-state index < -0.39 is 88.4 Å². The molecule has 0 rings (SSSR count). The van der Waals surface area contributed by atoms with E-state index in [-0.39, 0.29) is 0 Å². The molecule has 0 aliphatic heterocycles. The summed E-state index contributed by atoms with van der Waals surface area (Å²) in [4.78, 5) is 93.4. The van der Waals surface area contributed by atoms with Crippen LogP contribution in [0.4, 0.5) is 0 Å². The summed E-state index contributed by atoms with van der Waals surface area (Å²) in [7, 11) is -31.7. The van der Waals surface area contributed by atoms with E-state index in [0.717, 1.165) is 26.7 Å². The van der Waals surface area contributed by atoms with Crippen LogP contribution in [0.25, 0.3) is 0 Å². The second-order valence-electron chi connectivity index (χ2n) is 16.1. The summed E-state index contributed by atoms with van der Waals surface area (Å²) in [6.07, 6.45) is 0. The lowest BCUT2D eigenvalue weighted by Gasteiger charge is -1.86. The first-order valence-corrected chi connectivity index (χ1v) is 46.0. The molecule has 0 aromatic carbocycles. The molecule has 0 saturated carbocycles. The van der Waals surface area contributed by atoms with Gasteiger partial charge in [0.1, 0.15) is 0 Å². The summed E-state index contributed by atoms with van der Waals surface area (Å²) in [5, 5.41) is 0. The number of rotatable bonds is 0. The fraction of sp³-hybridized carbons (Fsp3) is 1.00. The first-order chi connectivity index (χ1) is 24.0. The molecule has 0 aromatic heterocycles. The summed E-state index contributed by atoms with van der Waals surface area (Å²) < 4.78 is 117. The van der Waals surface area contributed by atoms with Crippen LogP contribution in [-0.4, -0.2) is 219 Å². The highest BCUT2D eigenvalue weighted by molar-refractivity contribution is 7.62. The third-order valence-corrected chi connectivity index (χ3v) is 0. The molecule has 0 heterocycles. The minimum Gasteiger partial charge on any atom is -0.345 e. The molecule has 12 N–H and O–H groups in total. The van der Waals surface area contributed by atoms with Gasteiger partial charge in [-0.1, -0.05) is 0 Å². The molecule has 0 atom stereocenters. The SMILES string of the molecule is CP(=O)(O)O.CP(=O)(O)O.CP(=O)(O)O.CP(=O)(O)O.CP(C)(=O)O.CP(C)(=O)O.CP(C)(=O)O.CP(C)(=O)O.CP(C)(C)=O.CP(C)(C)=O.CP(C)(C)=O.CP(C)(C)=O. The van der Waals surface area contributed by atoms with Gasteiger partial charge in [0, 0.05) is 80.0 Å². The topological polar surface area (TPSA) is 448 Å². The molecule has 384 valence electrons. The number of hydrogen-bond donors (Lipinski definition) is 12. The van der Waals surface area contributed by atoms with Crippen molar-refractivity contribution in [2.24, 2.45) is 0 Å². The van der Waals surface area contributed by atoms with E-state index in [1.165, 1.54) is 53.3 Å². The van der Waals surface area contributed by atoms with Gasteiger partial charge in [-0.15, -0.1) is 0 Å². The van der Waals surface area contributed by atoms with E-state index >= 15 is 0 Å².